The Labute approximate surface area is 90.2 Å². The Morgan fingerprint density at radius 3 is 2.93 bits per heavy atom. The van der Waals surface area contributed by atoms with Crippen molar-refractivity contribution < 1.29 is 4.74 Å². The van der Waals surface area contributed by atoms with Gasteiger partial charge in [-0.1, -0.05) is 0 Å². The second-order valence-corrected chi connectivity index (χ2v) is 5.98. The number of nitrogens with one attached hydrogen (secondary N) is 1. The quantitative estimate of drug-likeness (QED) is 0.720. The van der Waals surface area contributed by atoms with Crippen LogP contribution in [0.2, 0.25) is 0 Å². The smallest absolute Gasteiger partial charge is 0.128 e. The van der Waals surface area contributed by atoms with Gasteiger partial charge < -0.3 is 4.74 Å². The maximum absolute atomic E-state index is 5.98. The lowest BCUT2D eigenvalue weighted by Crippen LogP contribution is -2.59. The molecular formula is C11H19NOS. The molecule has 1 N–H and O–H groups in total. The first-order valence-corrected chi connectivity index (χ1v) is 7.03. The van der Waals surface area contributed by atoms with Gasteiger partial charge in [-0.3, -0.25) is 5.32 Å². The zero-order valence-corrected chi connectivity index (χ0v) is 9.44. The molecule has 2 atom stereocenters. The van der Waals surface area contributed by atoms with E-state index in [2.05, 4.69) is 5.32 Å². The summed E-state index contributed by atoms with van der Waals surface area (Å²) in [6.07, 6.45) is 6.66. The Kier molecular flexibility index (Phi) is 2.50. The molecule has 2 unspecified atom stereocenters. The highest BCUT2D eigenvalue weighted by Crippen LogP contribution is 2.39. The lowest BCUT2D eigenvalue weighted by molar-refractivity contribution is -0.103. The van der Waals surface area contributed by atoms with Gasteiger partial charge in [0.25, 0.3) is 0 Å². The summed E-state index contributed by atoms with van der Waals surface area (Å²) in [5.41, 5.74) is 0.0639. The lowest BCUT2D eigenvalue weighted by Gasteiger charge is -2.44. The zero-order valence-electron chi connectivity index (χ0n) is 8.63. The van der Waals surface area contributed by atoms with Gasteiger partial charge in [0.2, 0.25) is 0 Å². The van der Waals surface area contributed by atoms with E-state index in [-0.39, 0.29) is 5.72 Å². The van der Waals surface area contributed by atoms with Crippen LogP contribution in [0.4, 0.5) is 0 Å². The number of thioether (sulfide) groups is 1. The maximum Gasteiger partial charge on any atom is 0.128 e. The first-order chi connectivity index (χ1) is 6.88. The lowest BCUT2D eigenvalue weighted by atomic mass is 10.0. The van der Waals surface area contributed by atoms with Crippen LogP contribution >= 0.6 is 11.8 Å². The fourth-order valence-corrected chi connectivity index (χ4v) is 3.82. The average Bonchev–Trinajstić information content (AvgIpc) is 3.02. The van der Waals surface area contributed by atoms with E-state index in [4.69, 9.17) is 4.74 Å². The normalized spacial score (nSPS) is 44.1. The highest BCUT2D eigenvalue weighted by Gasteiger charge is 2.42. The molecule has 0 aromatic heterocycles. The molecule has 0 aromatic carbocycles. The molecule has 3 rings (SSSR count). The van der Waals surface area contributed by atoms with Gasteiger partial charge in [0.15, 0.2) is 0 Å². The van der Waals surface area contributed by atoms with Crippen molar-refractivity contribution in [2.24, 2.45) is 5.92 Å². The molecule has 3 fully saturated rings. The molecule has 1 spiro atoms. The second-order valence-electron chi connectivity index (χ2n) is 4.88. The van der Waals surface area contributed by atoms with Crippen molar-refractivity contribution >= 4 is 11.8 Å². The largest absolute Gasteiger partial charge is 0.360 e. The molecule has 2 heterocycles. The Hall–Kier alpha value is 0.270. The third-order valence-corrected chi connectivity index (χ3v) is 4.90. The van der Waals surface area contributed by atoms with Crippen LogP contribution in [0.5, 0.6) is 0 Å². The van der Waals surface area contributed by atoms with Gasteiger partial charge >= 0.3 is 0 Å². The number of hydrogen-bond donors (Lipinski definition) is 1. The third-order valence-electron chi connectivity index (χ3n) is 3.65. The summed E-state index contributed by atoms with van der Waals surface area (Å²) in [5, 5.41) is 3.79. The van der Waals surface area contributed by atoms with E-state index in [1.807, 2.05) is 11.8 Å². The Bertz CT molecular complexity index is 206. The topological polar surface area (TPSA) is 21.3 Å². The third kappa shape index (κ3) is 1.82. The summed E-state index contributed by atoms with van der Waals surface area (Å²) in [4.78, 5) is 0. The molecule has 2 nitrogen and oxygen atoms in total. The number of hydrogen-bond acceptors (Lipinski definition) is 3. The van der Waals surface area contributed by atoms with Gasteiger partial charge in [0.1, 0.15) is 5.72 Å². The van der Waals surface area contributed by atoms with Gasteiger partial charge in [0, 0.05) is 11.8 Å². The molecular weight excluding hydrogens is 194 g/mol. The predicted octanol–water partition coefficient (Wildman–Crippen LogP) is 2.00. The zero-order chi connectivity index (χ0) is 9.43. The Morgan fingerprint density at radius 1 is 1.29 bits per heavy atom. The fourth-order valence-electron chi connectivity index (χ4n) is 2.68. The van der Waals surface area contributed by atoms with E-state index < -0.39 is 0 Å². The average molecular weight is 213 g/mol. The minimum Gasteiger partial charge on any atom is -0.360 e. The Morgan fingerprint density at radius 2 is 2.21 bits per heavy atom. The minimum absolute atomic E-state index is 0.0639. The van der Waals surface area contributed by atoms with Crippen LogP contribution in [0.3, 0.4) is 0 Å². The van der Waals surface area contributed by atoms with Crippen molar-refractivity contribution in [1.29, 1.82) is 0 Å². The van der Waals surface area contributed by atoms with Gasteiger partial charge in [-0.25, -0.2) is 0 Å². The molecule has 0 aromatic rings. The van der Waals surface area contributed by atoms with Crippen LogP contribution in [0.1, 0.15) is 32.1 Å². The molecule has 0 radical (unpaired) electrons. The van der Waals surface area contributed by atoms with Crippen LogP contribution < -0.4 is 5.32 Å². The predicted molar refractivity (Wildman–Crippen MR) is 59.5 cm³/mol. The van der Waals surface area contributed by atoms with Gasteiger partial charge in [-0.2, -0.15) is 11.8 Å². The standard InChI is InChI=1S/C11H19NOS/c1-5-11(8-14-7-1)12-10(4-6-13-11)9-2-3-9/h9-10,12H,1-8H2. The van der Waals surface area contributed by atoms with E-state index in [0.717, 1.165) is 24.3 Å². The van der Waals surface area contributed by atoms with E-state index in [1.54, 1.807) is 0 Å². The maximum atomic E-state index is 5.98. The van der Waals surface area contributed by atoms with Crippen LogP contribution in [-0.2, 0) is 4.74 Å². The number of rotatable bonds is 1. The highest BCUT2D eigenvalue weighted by atomic mass is 32.2. The van der Waals surface area contributed by atoms with Crippen LogP contribution in [0, 0.1) is 5.92 Å². The van der Waals surface area contributed by atoms with Crippen molar-refractivity contribution in [3.63, 3.8) is 0 Å². The molecule has 80 valence electrons. The molecule has 0 amide bonds. The van der Waals surface area contributed by atoms with Gasteiger partial charge in [-0.15, -0.1) is 0 Å². The van der Waals surface area contributed by atoms with E-state index in [1.165, 1.54) is 37.9 Å². The van der Waals surface area contributed by atoms with Crippen molar-refractivity contribution in [3.05, 3.63) is 0 Å². The number of ether oxygens (including phenoxy) is 1. The summed E-state index contributed by atoms with van der Waals surface area (Å²) in [6.45, 7) is 0.981. The monoisotopic (exact) mass is 213 g/mol. The fraction of sp³-hybridized carbons (Fsp3) is 1.00. The van der Waals surface area contributed by atoms with Gasteiger partial charge in [-0.05, 0) is 43.8 Å². The first-order valence-electron chi connectivity index (χ1n) is 5.87. The summed E-state index contributed by atoms with van der Waals surface area (Å²) < 4.78 is 5.98. The Balaban J connectivity index is 1.66. The van der Waals surface area contributed by atoms with Gasteiger partial charge in [0.05, 0.1) is 6.61 Å². The molecule has 2 aliphatic heterocycles. The molecule has 0 bridgehead atoms. The highest BCUT2D eigenvalue weighted by molar-refractivity contribution is 7.99. The van der Waals surface area contributed by atoms with E-state index in [0.29, 0.717) is 0 Å². The molecule has 1 aliphatic carbocycles. The van der Waals surface area contributed by atoms with Crippen LogP contribution in [0.25, 0.3) is 0 Å². The molecule has 2 saturated heterocycles. The first kappa shape index (κ1) is 9.49. The van der Waals surface area contributed by atoms with Crippen molar-refractivity contribution in [2.75, 3.05) is 18.1 Å². The van der Waals surface area contributed by atoms with Crippen LogP contribution in [0.15, 0.2) is 0 Å². The molecule has 3 heteroatoms. The SMILES string of the molecule is C1CSCC2(C1)NC(C1CC1)CCO2. The summed E-state index contributed by atoms with van der Waals surface area (Å²) in [5.74, 6) is 3.46. The second kappa shape index (κ2) is 3.69. The summed E-state index contributed by atoms with van der Waals surface area (Å²) in [6, 6.07) is 0.766. The molecule has 1 saturated carbocycles. The van der Waals surface area contributed by atoms with Crippen LogP contribution in [-0.4, -0.2) is 29.9 Å². The molecule has 14 heavy (non-hydrogen) atoms. The summed E-state index contributed by atoms with van der Waals surface area (Å²) in [7, 11) is 0. The van der Waals surface area contributed by atoms with Crippen molar-refractivity contribution in [1.82, 2.24) is 5.32 Å². The van der Waals surface area contributed by atoms with E-state index in [9.17, 15) is 0 Å². The van der Waals surface area contributed by atoms with Crippen molar-refractivity contribution in [2.45, 2.75) is 43.9 Å². The molecule has 3 aliphatic rings. The van der Waals surface area contributed by atoms with E-state index >= 15 is 0 Å². The minimum atomic E-state index is 0.0639. The summed E-state index contributed by atoms with van der Waals surface area (Å²) >= 11 is 2.05. The van der Waals surface area contributed by atoms with Crippen molar-refractivity contribution in [3.8, 4) is 0 Å².